The first-order valence-corrected chi connectivity index (χ1v) is 7.75. The number of esters is 1. The normalized spacial score (nSPS) is 27.9. The Morgan fingerprint density at radius 1 is 1.25 bits per heavy atom. The molecule has 20 heavy (non-hydrogen) atoms. The summed E-state index contributed by atoms with van der Waals surface area (Å²) in [6, 6.07) is 0.978. The number of piperazine rings is 1. The van der Waals surface area contributed by atoms with Crippen LogP contribution in [0.4, 0.5) is 0 Å². The minimum Gasteiger partial charge on any atom is -0.466 e. The quantitative estimate of drug-likeness (QED) is 0.557. The average molecular weight is 282 g/mol. The van der Waals surface area contributed by atoms with E-state index in [1.165, 1.54) is 25.8 Å². The second-order valence-corrected chi connectivity index (χ2v) is 5.94. The van der Waals surface area contributed by atoms with E-state index in [-0.39, 0.29) is 12.2 Å². The fourth-order valence-corrected chi connectivity index (χ4v) is 3.29. The fraction of sp³-hybridized carbons (Fsp3) is 0.867. The second-order valence-electron chi connectivity index (χ2n) is 5.94. The molecule has 0 amide bonds. The number of piperidine rings is 1. The highest BCUT2D eigenvalue weighted by molar-refractivity contribution is 5.96. The molecule has 0 radical (unpaired) electrons. The number of ether oxygens (including phenoxy) is 1. The molecule has 0 aromatic carbocycles. The lowest BCUT2D eigenvalue weighted by Gasteiger charge is -2.47. The van der Waals surface area contributed by atoms with Crippen LogP contribution in [-0.2, 0) is 14.3 Å². The molecule has 0 N–H and O–H groups in total. The van der Waals surface area contributed by atoms with Gasteiger partial charge < -0.3 is 4.74 Å². The first-order chi connectivity index (χ1) is 9.60. The van der Waals surface area contributed by atoms with Crippen LogP contribution < -0.4 is 0 Å². The Bertz CT molecular complexity index is 359. The van der Waals surface area contributed by atoms with E-state index in [1.807, 2.05) is 0 Å². The van der Waals surface area contributed by atoms with Gasteiger partial charge in [-0.3, -0.25) is 19.4 Å². The van der Waals surface area contributed by atoms with Crippen molar-refractivity contribution in [2.75, 3.05) is 32.8 Å². The van der Waals surface area contributed by atoms with Crippen LogP contribution in [0.25, 0.3) is 0 Å². The van der Waals surface area contributed by atoms with Crippen molar-refractivity contribution in [1.82, 2.24) is 9.80 Å². The molecule has 5 heteroatoms. The minimum atomic E-state index is -0.401. The van der Waals surface area contributed by atoms with Gasteiger partial charge in [-0.05, 0) is 33.2 Å². The van der Waals surface area contributed by atoms with Crippen LogP contribution in [0.5, 0.6) is 0 Å². The molecule has 2 aliphatic heterocycles. The van der Waals surface area contributed by atoms with E-state index < -0.39 is 5.97 Å². The van der Waals surface area contributed by atoms with Crippen LogP contribution >= 0.6 is 0 Å². The summed E-state index contributed by atoms with van der Waals surface area (Å²) in [4.78, 5) is 28.1. The Hall–Kier alpha value is -0.940. The van der Waals surface area contributed by atoms with Gasteiger partial charge >= 0.3 is 5.97 Å². The van der Waals surface area contributed by atoms with Crippen molar-refractivity contribution in [1.29, 1.82) is 0 Å². The van der Waals surface area contributed by atoms with Crippen LogP contribution in [0.2, 0.25) is 0 Å². The van der Waals surface area contributed by atoms with Crippen molar-refractivity contribution in [2.45, 2.75) is 51.6 Å². The predicted octanol–water partition coefficient (Wildman–Crippen LogP) is 1.07. The number of hydrogen-bond donors (Lipinski definition) is 0. The molecule has 2 rings (SSSR count). The highest BCUT2D eigenvalue weighted by atomic mass is 16.5. The molecule has 5 nitrogen and oxygen atoms in total. The summed E-state index contributed by atoms with van der Waals surface area (Å²) in [5.74, 6) is -0.430. The highest BCUT2D eigenvalue weighted by Crippen LogP contribution is 2.23. The van der Waals surface area contributed by atoms with Crippen LogP contribution in [0.3, 0.4) is 0 Å². The first-order valence-electron chi connectivity index (χ1n) is 7.75. The summed E-state index contributed by atoms with van der Waals surface area (Å²) in [5.41, 5.74) is 0. The molecule has 0 aromatic heterocycles. The van der Waals surface area contributed by atoms with Gasteiger partial charge in [-0.1, -0.05) is 6.42 Å². The van der Waals surface area contributed by atoms with Crippen molar-refractivity contribution in [3.63, 3.8) is 0 Å². The van der Waals surface area contributed by atoms with Gasteiger partial charge in [-0.2, -0.15) is 0 Å². The average Bonchev–Trinajstić information content (AvgIpc) is 2.39. The van der Waals surface area contributed by atoms with E-state index in [4.69, 9.17) is 4.74 Å². The molecule has 2 fully saturated rings. The maximum Gasteiger partial charge on any atom is 0.313 e. The van der Waals surface area contributed by atoms with Gasteiger partial charge in [0.15, 0.2) is 5.78 Å². The van der Waals surface area contributed by atoms with Crippen molar-refractivity contribution < 1.29 is 14.3 Å². The van der Waals surface area contributed by atoms with Gasteiger partial charge in [-0.15, -0.1) is 0 Å². The number of ketones is 1. The highest BCUT2D eigenvalue weighted by Gasteiger charge is 2.33. The first kappa shape index (κ1) is 15.4. The Morgan fingerprint density at radius 3 is 2.80 bits per heavy atom. The van der Waals surface area contributed by atoms with E-state index in [9.17, 15) is 9.59 Å². The van der Waals surface area contributed by atoms with Crippen molar-refractivity contribution in [3.8, 4) is 0 Å². The molecular formula is C15H26N2O3. The van der Waals surface area contributed by atoms with E-state index in [2.05, 4.69) is 16.7 Å². The number of carbonyl (C=O) groups excluding carboxylic acids is 2. The van der Waals surface area contributed by atoms with Crippen molar-refractivity contribution in [3.05, 3.63) is 0 Å². The summed E-state index contributed by atoms with van der Waals surface area (Å²) >= 11 is 0. The molecule has 2 saturated heterocycles. The third-order valence-electron chi connectivity index (χ3n) is 4.34. The van der Waals surface area contributed by atoms with E-state index in [0.29, 0.717) is 25.2 Å². The summed E-state index contributed by atoms with van der Waals surface area (Å²) in [6.45, 7) is 7.83. The monoisotopic (exact) mass is 282 g/mol. The standard InChI is InChI=1S/C15H26N2O3/c1-3-20-15(19)8-14(18)11-17-10-13-6-4-5-7-16(13)9-12(17)2/h12-13H,3-11H2,1-2H3. The molecule has 2 atom stereocenters. The van der Waals surface area contributed by atoms with Gasteiger partial charge in [0.05, 0.1) is 13.2 Å². The smallest absolute Gasteiger partial charge is 0.313 e. The summed E-state index contributed by atoms with van der Waals surface area (Å²) in [7, 11) is 0. The number of Topliss-reactive ketones (excluding diaryl/α,β-unsaturated/α-hetero) is 1. The van der Waals surface area contributed by atoms with E-state index in [1.54, 1.807) is 6.92 Å². The molecule has 2 aliphatic rings. The van der Waals surface area contributed by atoms with Gasteiger partial charge in [0.25, 0.3) is 0 Å². The lowest BCUT2D eigenvalue weighted by Crippen LogP contribution is -2.59. The third kappa shape index (κ3) is 4.03. The number of nitrogens with zero attached hydrogens (tertiary/aromatic N) is 2. The van der Waals surface area contributed by atoms with Crippen LogP contribution in [0.15, 0.2) is 0 Å². The zero-order chi connectivity index (χ0) is 14.5. The molecule has 114 valence electrons. The van der Waals surface area contributed by atoms with Crippen molar-refractivity contribution >= 4 is 11.8 Å². The fourth-order valence-electron chi connectivity index (χ4n) is 3.29. The maximum atomic E-state index is 11.9. The van der Waals surface area contributed by atoms with Gasteiger partial charge in [0, 0.05) is 25.2 Å². The summed E-state index contributed by atoms with van der Waals surface area (Å²) in [5, 5.41) is 0. The van der Waals surface area contributed by atoms with E-state index >= 15 is 0 Å². The van der Waals surface area contributed by atoms with E-state index in [0.717, 1.165) is 13.1 Å². The lowest BCUT2D eigenvalue weighted by atomic mass is 9.97. The second kappa shape index (κ2) is 7.18. The number of rotatable bonds is 5. The molecule has 0 saturated carbocycles. The summed E-state index contributed by atoms with van der Waals surface area (Å²) < 4.78 is 4.83. The van der Waals surface area contributed by atoms with Gasteiger partial charge in [0.2, 0.25) is 0 Å². The lowest BCUT2D eigenvalue weighted by molar-refractivity contribution is -0.146. The number of carbonyl (C=O) groups is 2. The van der Waals surface area contributed by atoms with Crippen LogP contribution in [0.1, 0.15) is 39.5 Å². The Kier molecular flexibility index (Phi) is 5.54. The van der Waals surface area contributed by atoms with Crippen LogP contribution in [-0.4, -0.2) is 66.4 Å². The predicted molar refractivity (Wildman–Crippen MR) is 76.5 cm³/mol. The minimum absolute atomic E-state index is 0.0282. The number of fused-ring (bicyclic) bond motifs is 1. The maximum absolute atomic E-state index is 11.9. The molecule has 0 aliphatic carbocycles. The third-order valence-corrected chi connectivity index (χ3v) is 4.34. The molecule has 2 heterocycles. The molecule has 0 aromatic rings. The molecular weight excluding hydrogens is 256 g/mol. The SMILES string of the molecule is CCOC(=O)CC(=O)CN1CC2CCCCN2CC1C. The largest absolute Gasteiger partial charge is 0.466 e. The number of hydrogen-bond acceptors (Lipinski definition) is 5. The van der Waals surface area contributed by atoms with Crippen molar-refractivity contribution in [2.24, 2.45) is 0 Å². The molecule has 0 bridgehead atoms. The molecule has 0 spiro atoms. The van der Waals surface area contributed by atoms with Gasteiger partial charge in [0.1, 0.15) is 6.42 Å². The Morgan fingerprint density at radius 2 is 2.05 bits per heavy atom. The summed E-state index contributed by atoms with van der Waals surface area (Å²) in [6.07, 6.45) is 3.73. The Labute approximate surface area is 121 Å². The zero-order valence-corrected chi connectivity index (χ0v) is 12.6. The topological polar surface area (TPSA) is 49.9 Å². The molecule has 2 unspecified atom stereocenters. The Balaban J connectivity index is 1.82. The zero-order valence-electron chi connectivity index (χ0n) is 12.6. The van der Waals surface area contributed by atoms with Gasteiger partial charge in [-0.25, -0.2) is 0 Å². The van der Waals surface area contributed by atoms with Crippen LogP contribution in [0, 0.1) is 0 Å².